The smallest absolute Gasteiger partial charge is 0.183 e. The Hall–Kier alpha value is -1.45. The van der Waals surface area contributed by atoms with E-state index in [1.807, 2.05) is 6.92 Å². The van der Waals surface area contributed by atoms with Gasteiger partial charge in [0.2, 0.25) is 0 Å². The predicted molar refractivity (Wildman–Crippen MR) is 52.3 cm³/mol. The van der Waals surface area contributed by atoms with Crippen molar-refractivity contribution in [3.8, 4) is 0 Å². The third kappa shape index (κ3) is 1.24. The molecule has 0 saturated carbocycles. The molecule has 2 aromatic rings. The normalized spacial score (nSPS) is 11.3. The number of fused-ring (bicyclic) bond motifs is 1. The van der Waals surface area contributed by atoms with E-state index in [9.17, 15) is 13.2 Å². The summed E-state index contributed by atoms with van der Waals surface area (Å²) in [6.45, 7) is 3.07. The number of rotatable bonds is 1. The summed E-state index contributed by atoms with van der Waals surface area (Å²) in [5.41, 5.74) is 0.297. The van der Waals surface area contributed by atoms with Crippen LogP contribution in [0.25, 0.3) is 10.9 Å². The Morgan fingerprint density at radius 1 is 1.13 bits per heavy atom. The van der Waals surface area contributed by atoms with Crippen molar-refractivity contribution in [2.45, 2.75) is 20.3 Å². The number of benzene rings is 1. The molecular weight excluding hydrogens is 203 g/mol. The fraction of sp³-hybridized carbons (Fsp3) is 0.273. The van der Waals surface area contributed by atoms with Gasteiger partial charge in [-0.2, -0.15) is 0 Å². The van der Waals surface area contributed by atoms with Gasteiger partial charge in [-0.05, 0) is 18.9 Å². The number of hydrogen-bond donors (Lipinski definition) is 1. The van der Waals surface area contributed by atoms with Crippen LogP contribution in [0.1, 0.15) is 18.1 Å². The second-order valence-electron chi connectivity index (χ2n) is 3.48. The van der Waals surface area contributed by atoms with E-state index in [1.54, 1.807) is 0 Å². The molecule has 1 N–H and O–H groups in total. The van der Waals surface area contributed by atoms with Crippen molar-refractivity contribution in [3.05, 3.63) is 34.8 Å². The van der Waals surface area contributed by atoms with Crippen LogP contribution in [0.15, 0.2) is 6.20 Å². The summed E-state index contributed by atoms with van der Waals surface area (Å²) in [5, 5.41) is 0.161. The van der Waals surface area contributed by atoms with Gasteiger partial charge < -0.3 is 4.98 Å². The lowest BCUT2D eigenvalue weighted by atomic mass is 10.1. The minimum Gasteiger partial charge on any atom is -0.358 e. The van der Waals surface area contributed by atoms with E-state index < -0.39 is 17.5 Å². The maximum absolute atomic E-state index is 13.7. The summed E-state index contributed by atoms with van der Waals surface area (Å²) < 4.78 is 40.3. The molecule has 2 rings (SSSR count). The molecule has 4 heteroatoms. The van der Waals surface area contributed by atoms with Crippen LogP contribution in [-0.2, 0) is 6.42 Å². The lowest BCUT2D eigenvalue weighted by molar-refractivity contribution is 0.496. The second-order valence-corrected chi connectivity index (χ2v) is 3.48. The number of nitrogens with one attached hydrogen (secondary N) is 1. The SMILES string of the molecule is CCc1c[nH]c2c(F)c(F)c(C)c(F)c12. The van der Waals surface area contributed by atoms with Crippen LogP contribution < -0.4 is 0 Å². The highest BCUT2D eigenvalue weighted by Crippen LogP contribution is 2.29. The molecule has 0 unspecified atom stereocenters. The predicted octanol–water partition coefficient (Wildman–Crippen LogP) is 3.46. The van der Waals surface area contributed by atoms with Crippen LogP contribution in [-0.4, -0.2) is 4.98 Å². The van der Waals surface area contributed by atoms with Crippen molar-refractivity contribution < 1.29 is 13.2 Å². The van der Waals surface area contributed by atoms with Crippen LogP contribution in [0.2, 0.25) is 0 Å². The Morgan fingerprint density at radius 3 is 2.40 bits per heavy atom. The summed E-state index contributed by atoms with van der Waals surface area (Å²) in [6.07, 6.45) is 2.08. The van der Waals surface area contributed by atoms with E-state index in [0.717, 1.165) is 0 Å². The van der Waals surface area contributed by atoms with Crippen molar-refractivity contribution in [3.63, 3.8) is 0 Å². The van der Waals surface area contributed by atoms with E-state index in [1.165, 1.54) is 13.1 Å². The van der Waals surface area contributed by atoms with Gasteiger partial charge in [-0.15, -0.1) is 0 Å². The lowest BCUT2D eigenvalue weighted by Crippen LogP contribution is -1.96. The topological polar surface area (TPSA) is 15.8 Å². The highest BCUT2D eigenvalue weighted by atomic mass is 19.2. The maximum Gasteiger partial charge on any atom is 0.183 e. The first-order valence-electron chi connectivity index (χ1n) is 4.70. The summed E-state index contributed by atoms with van der Waals surface area (Å²) in [4.78, 5) is 2.56. The van der Waals surface area contributed by atoms with Crippen LogP contribution in [0.3, 0.4) is 0 Å². The molecule has 0 atom stereocenters. The largest absolute Gasteiger partial charge is 0.358 e. The highest BCUT2D eigenvalue weighted by molar-refractivity contribution is 5.85. The molecule has 1 heterocycles. The number of aromatic nitrogens is 1. The van der Waals surface area contributed by atoms with Crippen molar-refractivity contribution in [2.24, 2.45) is 0 Å². The van der Waals surface area contributed by atoms with Gasteiger partial charge in [-0.3, -0.25) is 0 Å². The van der Waals surface area contributed by atoms with E-state index in [-0.39, 0.29) is 16.5 Å². The maximum atomic E-state index is 13.7. The minimum atomic E-state index is -1.12. The molecule has 15 heavy (non-hydrogen) atoms. The first kappa shape index (κ1) is 10.1. The molecule has 0 radical (unpaired) electrons. The molecule has 0 amide bonds. The number of aryl methyl sites for hydroxylation is 1. The van der Waals surface area contributed by atoms with Gasteiger partial charge in [-0.1, -0.05) is 6.92 Å². The quantitative estimate of drug-likeness (QED) is 0.698. The third-order valence-electron chi connectivity index (χ3n) is 2.63. The van der Waals surface area contributed by atoms with Crippen LogP contribution in [0.4, 0.5) is 13.2 Å². The van der Waals surface area contributed by atoms with Gasteiger partial charge in [0, 0.05) is 17.1 Å². The fourth-order valence-corrected chi connectivity index (χ4v) is 1.73. The Kier molecular flexibility index (Phi) is 2.21. The third-order valence-corrected chi connectivity index (χ3v) is 2.63. The average Bonchev–Trinajstić information content (AvgIpc) is 2.67. The zero-order valence-corrected chi connectivity index (χ0v) is 8.42. The van der Waals surface area contributed by atoms with Gasteiger partial charge in [0.25, 0.3) is 0 Å². The first-order valence-corrected chi connectivity index (χ1v) is 4.70. The van der Waals surface area contributed by atoms with Crippen LogP contribution in [0, 0.1) is 24.4 Å². The molecule has 1 aromatic carbocycles. The minimum absolute atomic E-state index is 0.0903. The Labute approximate surface area is 84.9 Å². The standard InChI is InChI=1S/C11H10F3N/c1-3-6-4-15-11-7(6)8(12)5(2)9(13)10(11)14/h4,15H,3H2,1-2H3. The second kappa shape index (κ2) is 3.29. The molecule has 0 aliphatic heterocycles. The molecule has 0 aliphatic rings. The van der Waals surface area contributed by atoms with E-state index in [2.05, 4.69) is 4.98 Å². The highest BCUT2D eigenvalue weighted by Gasteiger charge is 2.20. The molecule has 80 valence electrons. The summed E-state index contributed by atoms with van der Waals surface area (Å²) >= 11 is 0. The molecule has 0 bridgehead atoms. The molecule has 0 spiro atoms. The zero-order valence-electron chi connectivity index (χ0n) is 8.42. The van der Waals surface area contributed by atoms with Crippen LogP contribution >= 0.6 is 0 Å². The monoisotopic (exact) mass is 213 g/mol. The molecule has 0 aliphatic carbocycles. The Balaban J connectivity index is 2.97. The van der Waals surface area contributed by atoms with E-state index in [4.69, 9.17) is 0 Å². The fourth-order valence-electron chi connectivity index (χ4n) is 1.73. The molecule has 0 fully saturated rings. The average molecular weight is 213 g/mol. The van der Waals surface area contributed by atoms with Crippen LogP contribution in [0.5, 0.6) is 0 Å². The summed E-state index contributed by atoms with van der Waals surface area (Å²) in [6, 6.07) is 0. The Morgan fingerprint density at radius 2 is 1.80 bits per heavy atom. The number of halogens is 3. The van der Waals surface area contributed by atoms with Crippen molar-refractivity contribution >= 4 is 10.9 Å². The molecule has 1 nitrogen and oxygen atoms in total. The summed E-state index contributed by atoms with van der Waals surface area (Å²) in [7, 11) is 0. The van der Waals surface area contributed by atoms with Gasteiger partial charge in [-0.25, -0.2) is 13.2 Å². The number of aromatic amines is 1. The van der Waals surface area contributed by atoms with Gasteiger partial charge in [0.05, 0.1) is 5.52 Å². The van der Waals surface area contributed by atoms with Crippen molar-refractivity contribution in [1.29, 1.82) is 0 Å². The lowest BCUT2D eigenvalue weighted by Gasteiger charge is -2.03. The molecule has 1 aromatic heterocycles. The van der Waals surface area contributed by atoms with Gasteiger partial charge >= 0.3 is 0 Å². The number of hydrogen-bond acceptors (Lipinski definition) is 0. The van der Waals surface area contributed by atoms with Crippen molar-refractivity contribution in [2.75, 3.05) is 0 Å². The molecule has 0 saturated heterocycles. The van der Waals surface area contributed by atoms with Gasteiger partial charge in [0.1, 0.15) is 5.82 Å². The number of H-pyrrole nitrogens is 1. The van der Waals surface area contributed by atoms with E-state index >= 15 is 0 Å². The van der Waals surface area contributed by atoms with E-state index in [0.29, 0.717) is 12.0 Å². The summed E-state index contributed by atoms with van der Waals surface area (Å²) in [5.74, 6) is -2.81. The first-order chi connectivity index (χ1) is 7.07. The van der Waals surface area contributed by atoms with Crippen molar-refractivity contribution in [1.82, 2.24) is 4.98 Å². The van der Waals surface area contributed by atoms with Gasteiger partial charge in [0.15, 0.2) is 11.6 Å². The zero-order chi connectivity index (χ0) is 11.2. The molecular formula is C11H10F3N. The Bertz CT molecular complexity index is 528.